The molecule has 4 N–H and O–H groups in total. The lowest BCUT2D eigenvalue weighted by Crippen LogP contribution is -2.39. The highest BCUT2D eigenvalue weighted by Crippen LogP contribution is 2.31. The Morgan fingerprint density at radius 3 is 2.70 bits per heavy atom. The Bertz CT molecular complexity index is 1010. The van der Waals surface area contributed by atoms with Crippen molar-refractivity contribution < 1.29 is 29.3 Å². The maximum absolute atomic E-state index is 12.4. The van der Waals surface area contributed by atoms with Gasteiger partial charge >= 0.3 is 5.69 Å². The van der Waals surface area contributed by atoms with E-state index in [0.717, 1.165) is 10.8 Å². The molecule has 0 radical (unpaired) electrons. The van der Waals surface area contributed by atoms with Gasteiger partial charge in [0.25, 0.3) is 5.56 Å². The van der Waals surface area contributed by atoms with E-state index < -0.39 is 47.7 Å². The van der Waals surface area contributed by atoms with E-state index in [1.807, 2.05) is 4.98 Å². The number of hydrogen-bond donors (Lipinski definition) is 4. The summed E-state index contributed by atoms with van der Waals surface area (Å²) in [5, 5.41) is 30.5. The fourth-order valence-corrected chi connectivity index (χ4v) is 2.77. The molecule has 0 spiro atoms. The lowest BCUT2D eigenvalue weighted by Gasteiger charge is -2.17. The number of aromatic amines is 1. The minimum Gasteiger partial charge on any atom is -0.466 e. The quantitative estimate of drug-likeness (QED) is 0.466. The highest BCUT2D eigenvalue weighted by atomic mass is 16.6. The van der Waals surface area contributed by atoms with Crippen LogP contribution in [0, 0.1) is 11.8 Å². The number of carbonyl (C=O) groups is 1. The van der Waals surface area contributed by atoms with Crippen LogP contribution in [0.3, 0.4) is 0 Å². The van der Waals surface area contributed by atoms with Gasteiger partial charge in [-0.15, -0.1) is 5.92 Å². The summed E-state index contributed by atoms with van der Waals surface area (Å²) < 4.78 is 11.1. The van der Waals surface area contributed by atoms with E-state index in [-0.39, 0.29) is 11.3 Å². The third-order valence-corrected chi connectivity index (χ3v) is 4.10. The number of H-pyrrole nitrogens is 1. The second-order valence-corrected chi connectivity index (χ2v) is 5.83. The van der Waals surface area contributed by atoms with Crippen LogP contribution in [0.5, 0.6) is 0 Å². The first kappa shape index (κ1) is 18.8. The number of ketones is 1. The number of carbonyl (C=O) groups excluding carboxylic acids is 1. The molecule has 1 saturated heterocycles. The topological polar surface area (TPSA) is 155 Å². The maximum Gasteiger partial charge on any atom is 0.330 e. The molecule has 2 aromatic rings. The maximum atomic E-state index is 12.4. The molecule has 0 saturated carbocycles. The van der Waals surface area contributed by atoms with Gasteiger partial charge in [-0.25, -0.2) is 4.79 Å². The normalized spacial score (nSPS) is 25.6. The molecule has 1 fully saturated rings. The van der Waals surface area contributed by atoms with Gasteiger partial charge in [-0.2, -0.15) is 0 Å². The summed E-state index contributed by atoms with van der Waals surface area (Å²) in [6, 6.07) is 2.82. The molecule has 1 aliphatic heterocycles. The van der Waals surface area contributed by atoms with Crippen LogP contribution in [0.1, 0.15) is 30.6 Å². The minimum atomic E-state index is -1.72. The van der Waals surface area contributed by atoms with Crippen molar-refractivity contribution >= 4 is 5.78 Å². The molecule has 0 bridgehead atoms. The Morgan fingerprint density at radius 2 is 2.07 bits per heavy atom. The predicted octanol–water partition coefficient (Wildman–Crippen LogP) is -1.58. The number of Topliss-reactive ketones (excluding diaryl/α,β-unsaturated/α-hetero) is 1. The number of aromatic nitrogens is 2. The number of aliphatic hydroxyl groups excluding tert-OH is 3. The summed E-state index contributed by atoms with van der Waals surface area (Å²) in [5.41, 5.74) is -1.70. The molecule has 2 aromatic heterocycles. The van der Waals surface area contributed by atoms with E-state index in [1.165, 1.54) is 25.3 Å². The van der Waals surface area contributed by atoms with E-state index in [9.17, 15) is 29.7 Å². The van der Waals surface area contributed by atoms with Crippen LogP contribution in [-0.2, 0) is 9.53 Å². The zero-order valence-corrected chi connectivity index (χ0v) is 14.0. The van der Waals surface area contributed by atoms with Gasteiger partial charge in [0.05, 0.1) is 6.26 Å². The first-order valence-corrected chi connectivity index (χ1v) is 7.90. The second kappa shape index (κ2) is 7.34. The van der Waals surface area contributed by atoms with Gasteiger partial charge in [0.2, 0.25) is 5.78 Å². The average Bonchev–Trinajstić information content (AvgIpc) is 3.26. The average molecular weight is 376 g/mol. The molecule has 27 heavy (non-hydrogen) atoms. The van der Waals surface area contributed by atoms with E-state index in [2.05, 4.69) is 11.8 Å². The third kappa shape index (κ3) is 3.36. The van der Waals surface area contributed by atoms with Gasteiger partial charge < -0.3 is 24.5 Å². The number of rotatable bonds is 4. The van der Waals surface area contributed by atoms with E-state index in [4.69, 9.17) is 9.15 Å². The monoisotopic (exact) mass is 376 g/mol. The van der Waals surface area contributed by atoms with Crippen LogP contribution in [-0.4, -0.2) is 49.0 Å². The summed E-state index contributed by atoms with van der Waals surface area (Å²) in [5.74, 6) is 3.98. The SMILES string of the molecule is CC#Cc1cn([C@@H]2O[C@H](C(=O)C(O)c3ccco3)[C@@H](O)[C@@H]2O)c(=O)[nH]c1=O. The Hall–Kier alpha value is -2.97. The van der Waals surface area contributed by atoms with Gasteiger partial charge in [0, 0.05) is 6.20 Å². The van der Waals surface area contributed by atoms with Gasteiger partial charge in [0.15, 0.2) is 18.4 Å². The molecule has 5 atom stereocenters. The molecular weight excluding hydrogens is 360 g/mol. The molecule has 0 amide bonds. The number of ether oxygens (including phenoxy) is 1. The molecule has 3 rings (SSSR count). The molecule has 1 unspecified atom stereocenters. The number of hydrogen-bond acceptors (Lipinski definition) is 8. The van der Waals surface area contributed by atoms with E-state index in [1.54, 1.807) is 0 Å². The Balaban J connectivity index is 1.92. The third-order valence-electron chi connectivity index (χ3n) is 4.10. The van der Waals surface area contributed by atoms with Crippen molar-refractivity contribution in [3.8, 4) is 11.8 Å². The fourth-order valence-electron chi connectivity index (χ4n) is 2.77. The Kier molecular flexibility index (Phi) is 5.11. The molecule has 142 valence electrons. The van der Waals surface area contributed by atoms with Crippen molar-refractivity contribution in [1.29, 1.82) is 0 Å². The van der Waals surface area contributed by atoms with Gasteiger partial charge in [-0.05, 0) is 19.1 Å². The van der Waals surface area contributed by atoms with Gasteiger partial charge in [0.1, 0.15) is 23.5 Å². The largest absolute Gasteiger partial charge is 0.466 e. The summed E-state index contributed by atoms with van der Waals surface area (Å²) in [4.78, 5) is 38.2. The summed E-state index contributed by atoms with van der Waals surface area (Å²) in [6.07, 6.45) is -5.89. The number of nitrogens with zero attached hydrogens (tertiary/aromatic N) is 1. The fraction of sp³-hybridized carbons (Fsp3) is 0.353. The van der Waals surface area contributed by atoms with Gasteiger partial charge in [-0.1, -0.05) is 5.92 Å². The van der Waals surface area contributed by atoms with Crippen LogP contribution in [0.25, 0.3) is 0 Å². The van der Waals surface area contributed by atoms with Crippen molar-refractivity contribution in [3.05, 3.63) is 56.8 Å². The highest BCUT2D eigenvalue weighted by molar-refractivity contribution is 5.88. The zero-order chi connectivity index (χ0) is 19.7. The van der Waals surface area contributed by atoms with E-state index in [0.29, 0.717) is 0 Å². The molecule has 10 heteroatoms. The summed E-state index contributed by atoms with van der Waals surface area (Å²) in [7, 11) is 0. The van der Waals surface area contributed by atoms with Crippen molar-refractivity contribution in [2.75, 3.05) is 0 Å². The van der Waals surface area contributed by atoms with Crippen LogP contribution in [0.4, 0.5) is 0 Å². The lowest BCUT2D eigenvalue weighted by molar-refractivity contribution is -0.145. The molecule has 0 aromatic carbocycles. The van der Waals surface area contributed by atoms with Crippen LogP contribution >= 0.6 is 0 Å². The van der Waals surface area contributed by atoms with Crippen LogP contribution in [0.15, 0.2) is 38.6 Å². The van der Waals surface area contributed by atoms with Crippen molar-refractivity contribution in [2.45, 2.75) is 37.6 Å². The van der Waals surface area contributed by atoms with Crippen molar-refractivity contribution in [2.24, 2.45) is 0 Å². The molecule has 0 aliphatic carbocycles. The predicted molar refractivity (Wildman–Crippen MR) is 88.5 cm³/mol. The number of furan rings is 1. The molecular formula is C17H16N2O8. The summed E-state index contributed by atoms with van der Waals surface area (Å²) in [6.45, 7) is 1.49. The smallest absolute Gasteiger partial charge is 0.330 e. The lowest BCUT2D eigenvalue weighted by atomic mass is 10.0. The van der Waals surface area contributed by atoms with Gasteiger partial charge in [-0.3, -0.25) is 19.1 Å². The molecule has 1 aliphatic rings. The van der Waals surface area contributed by atoms with Crippen LogP contribution < -0.4 is 11.2 Å². The molecule has 3 heterocycles. The molecule has 10 nitrogen and oxygen atoms in total. The summed E-state index contributed by atoms with van der Waals surface area (Å²) >= 11 is 0. The van der Waals surface area contributed by atoms with Crippen molar-refractivity contribution in [3.63, 3.8) is 0 Å². The second-order valence-electron chi connectivity index (χ2n) is 5.83. The number of nitrogens with one attached hydrogen (secondary N) is 1. The minimum absolute atomic E-state index is 0.0598. The zero-order valence-electron chi connectivity index (χ0n) is 14.0. The Labute approximate surface area is 151 Å². The highest BCUT2D eigenvalue weighted by Gasteiger charge is 2.49. The first-order chi connectivity index (χ1) is 12.8. The standard InChI is InChI=1S/C17H16N2O8/c1-2-4-8-7-19(17(25)18-15(8)24)16-13(23)12(22)14(27-16)11(21)10(20)9-5-3-6-26-9/h3,5-7,10,12-14,16,20,22-23H,1H3,(H,18,24,25)/t10?,12-,13-,14+,16+/m0/s1. The van der Waals surface area contributed by atoms with E-state index >= 15 is 0 Å². The first-order valence-electron chi connectivity index (χ1n) is 7.90. The number of aliphatic hydroxyl groups is 3. The van der Waals surface area contributed by atoms with Crippen LogP contribution in [0.2, 0.25) is 0 Å². The Morgan fingerprint density at radius 1 is 1.33 bits per heavy atom. The van der Waals surface area contributed by atoms with Crippen molar-refractivity contribution in [1.82, 2.24) is 9.55 Å².